The summed E-state index contributed by atoms with van der Waals surface area (Å²) < 4.78 is 0. The predicted molar refractivity (Wildman–Crippen MR) is 80.3 cm³/mol. The molecule has 3 nitrogen and oxygen atoms in total. The minimum absolute atomic E-state index is 0.149. The molecule has 3 rings (SSSR count). The Morgan fingerprint density at radius 2 is 1.85 bits per heavy atom. The highest BCUT2D eigenvalue weighted by Gasteiger charge is 2.16. The molecular formula is C16H17NO2S. The van der Waals surface area contributed by atoms with Crippen molar-refractivity contribution in [3.05, 3.63) is 40.2 Å². The summed E-state index contributed by atoms with van der Waals surface area (Å²) in [5.74, 6) is -0.261. The van der Waals surface area contributed by atoms with E-state index < -0.39 is 5.97 Å². The molecule has 1 aromatic carbocycles. The first-order chi connectivity index (χ1) is 9.74. The van der Waals surface area contributed by atoms with Crippen LogP contribution in [-0.4, -0.2) is 16.1 Å². The third-order valence-electron chi connectivity index (χ3n) is 3.97. The molecule has 1 aromatic heterocycles. The molecule has 0 amide bonds. The number of rotatable bonds is 3. The van der Waals surface area contributed by atoms with E-state index in [2.05, 4.69) is 29.2 Å². The first-order valence-corrected chi connectivity index (χ1v) is 7.91. The quantitative estimate of drug-likeness (QED) is 0.900. The topological polar surface area (TPSA) is 50.2 Å². The molecule has 1 saturated carbocycles. The van der Waals surface area contributed by atoms with Crippen LogP contribution < -0.4 is 0 Å². The van der Waals surface area contributed by atoms with E-state index in [4.69, 9.17) is 5.11 Å². The number of aromatic nitrogens is 1. The van der Waals surface area contributed by atoms with Gasteiger partial charge in [-0.25, -0.2) is 9.78 Å². The van der Waals surface area contributed by atoms with Crippen LogP contribution in [0.15, 0.2) is 29.6 Å². The van der Waals surface area contributed by atoms with Crippen LogP contribution in [0.1, 0.15) is 53.4 Å². The molecule has 0 atom stereocenters. The summed E-state index contributed by atoms with van der Waals surface area (Å²) in [5.41, 5.74) is 3.15. The molecule has 0 aliphatic heterocycles. The molecule has 2 aromatic rings. The van der Waals surface area contributed by atoms with Gasteiger partial charge in [0.25, 0.3) is 0 Å². The zero-order chi connectivity index (χ0) is 13.9. The summed E-state index contributed by atoms with van der Waals surface area (Å²) in [6.07, 6.45) is 6.62. The predicted octanol–water partition coefficient (Wildman–Crippen LogP) is 4.56. The summed E-state index contributed by atoms with van der Waals surface area (Å²) in [6, 6.07) is 8.46. The van der Waals surface area contributed by atoms with Crippen molar-refractivity contribution in [2.24, 2.45) is 0 Å². The second-order valence-corrected chi connectivity index (χ2v) is 6.16. The van der Waals surface area contributed by atoms with Crippen LogP contribution in [0.3, 0.4) is 0 Å². The second kappa shape index (κ2) is 5.75. The van der Waals surface area contributed by atoms with Crippen molar-refractivity contribution in [2.45, 2.75) is 38.0 Å². The maximum absolute atomic E-state index is 10.9. The zero-order valence-electron chi connectivity index (χ0n) is 11.2. The molecule has 0 radical (unpaired) electrons. The molecule has 1 fully saturated rings. The van der Waals surface area contributed by atoms with Crippen molar-refractivity contribution in [3.63, 3.8) is 0 Å². The van der Waals surface area contributed by atoms with E-state index >= 15 is 0 Å². The molecule has 0 bridgehead atoms. The Bertz CT molecular complexity index is 597. The Kier molecular flexibility index (Phi) is 3.83. The average molecular weight is 287 g/mol. The third kappa shape index (κ3) is 2.75. The van der Waals surface area contributed by atoms with E-state index in [1.165, 1.54) is 49.0 Å². The lowest BCUT2D eigenvalue weighted by atomic mass is 9.84. The molecule has 4 heteroatoms. The van der Waals surface area contributed by atoms with Crippen molar-refractivity contribution in [1.82, 2.24) is 4.98 Å². The van der Waals surface area contributed by atoms with Gasteiger partial charge in [0.2, 0.25) is 5.01 Å². The monoisotopic (exact) mass is 287 g/mol. The smallest absolute Gasteiger partial charge is 0.365 e. The highest BCUT2D eigenvalue weighted by atomic mass is 32.1. The molecular weight excluding hydrogens is 270 g/mol. The number of benzene rings is 1. The van der Waals surface area contributed by atoms with Crippen molar-refractivity contribution < 1.29 is 9.90 Å². The highest BCUT2D eigenvalue weighted by Crippen LogP contribution is 2.33. The molecule has 1 N–H and O–H groups in total. The standard InChI is InChI=1S/C16H17NO2S/c18-16(19)15-17-14(10-20-15)13-8-6-12(7-9-13)11-4-2-1-3-5-11/h6-11H,1-5H2,(H,18,19). The van der Waals surface area contributed by atoms with Gasteiger partial charge in [-0.3, -0.25) is 0 Å². The van der Waals surface area contributed by atoms with E-state index in [1.807, 2.05) is 0 Å². The van der Waals surface area contributed by atoms with Crippen molar-refractivity contribution in [2.75, 3.05) is 0 Å². The molecule has 104 valence electrons. The summed E-state index contributed by atoms with van der Waals surface area (Å²) in [4.78, 5) is 15.0. The lowest BCUT2D eigenvalue weighted by Gasteiger charge is -2.22. The number of hydrogen-bond donors (Lipinski definition) is 1. The number of thiazole rings is 1. The van der Waals surface area contributed by atoms with E-state index in [9.17, 15) is 4.79 Å². The maximum Gasteiger partial charge on any atom is 0.365 e. The van der Waals surface area contributed by atoms with E-state index in [0.29, 0.717) is 5.92 Å². The molecule has 1 heterocycles. The van der Waals surface area contributed by atoms with Crippen molar-refractivity contribution in [3.8, 4) is 11.3 Å². The van der Waals surface area contributed by atoms with Gasteiger partial charge in [-0.2, -0.15) is 0 Å². The van der Waals surface area contributed by atoms with Crippen molar-refractivity contribution in [1.29, 1.82) is 0 Å². The fourth-order valence-electron chi connectivity index (χ4n) is 2.87. The van der Waals surface area contributed by atoms with Gasteiger partial charge in [0.05, 0.1) is 5.69 Å². The first kappa shape index (κ1) is 13.3. The number of carbonyl (C=O) groups is 1. The molecule has 1 aliphatic rings. The van der Waals surface area contributed by atoms with Crippen LogP contribution in [-0.2, 0) is 0 Å². The summed E-state index contributed by atoms with van der Waals surface area (Å²) in [7, 11) is 0. The molecule has 0 saturated heterocycles. The maximum atomic E-state index is 10.9. The minimum atomic E-state index is -0.958. The third-order valence-corrected chi connectivity index (χ3v) is 4.80. The van der Waals surface area contributed by atoms with Crippen molar-refractivity contribution >= 4 is 17.3 Å². The largest absolute Gasteiger partial charge is 0.476 e. The fourth-order valence-corrected chi connectivity index (χ4v) is 3.53. The summed E-state index contributed by atoms with van der Waals surface area (Å²) in [5, 5.41) is 10.9. The second-order valence-electron chi connectivity index (χ2n) is 5.30. The summed E-state index contributed by atoms with van der Waals surface area (Å²) >= 11 is 1.17. The number of carboxylic acid groups (broad SMARTS) is 1. The number of hydrogen-bond acceptors (Lipinski definition) is 3. The molecule has 0 unspecified atom stereocenters. The molecule has 20 heavy (non-hydrogen) atoms. The number of nitrogens with zero attached hydrogens (tertiary/aromatic N) is 1. The van der Waals surface area contributed by atoms with Gasteiger partial charge in [-0.1, -0.05) is 43.5 Å². The van der Waals surface area contributed by atoms with Gasteiger partial charge in [0, 0.05) is 10.9 Å². The Morgan fingerprint density at radius 1 is 1.15 bits per heavy atom. The zero-order valence-corrected chi connectivity index (χ0v) is 12.0. The Balaban J connectivity index is 1.79. The highest BCUT2D eigenvalue weighted by molar-refractivity contribution is 7.11. The molecule has 0 spiro atoms. The van der Waals surface area contributed by atoms with Crippen LogP contribution in [0, 0.1) is 0 Å². The van der Waals surface area contributed by atoms with Crippen LogP contribution in [0.4, 0.5) is 0 Å². The minimum Gasteiger partial charge on any atom is -0.476 e. The number of aromatic carboxylic acids is 1. The Morgan fingerprint density at radius 3 is 2.45 bits per heavy atom. The Hall–Kier alpha value is -1.68. The average Bonchev–Trinajstić information content (AvgIpc) is 2.98. The lowest BCUT2D eigenvalue weighted by Crippen LogP contribution is -2.04. The van der Waals surface area contributed by atoms with Gasteiger partial charge in [-0.05, 0) is 24.3 Å². The number of carboxylic acids is 1. The van der Waals surface area contributed by atoms with E-state index in [0.717, 1.165) is 11.3 Å². The van der Waals surface area contributed by atoms with Crippen LogP contribution in [0.2, 0.25) is 0 Å². The normalized spacial score (nSPS) is 16.2. The lowest BCUT2D eigenvalue weighted by molar-refractivity contribution is 0.0696. The van der Waals surface area contributed by atoms with Crippen LogP contribution in [0.5, 0.6) is 0 Å². The van der Waals surface area contributed by atoms with Crippen LogP contribution >= 0.6 is 11.3 Å². The fraction of sp³-hybridized carbons (Fsp3) is 0.375. The molecule has 1 aliphatic carbocycles. The van der Waals surface area contributed by atoms with Gasteiger partial charge in [0.15, 0.2) is 0 Å². The SMILES string of the molecule is O=C(O)c1nc(-c2ccc(C3CCCCC3)cc2)cs1. The summed E-state index contributed by atoms with van der Waals surface area (Å²) in [6.45, 7) is 0. The van der Waals surface area contributed by atoms with Gasteiger partial charge in [0.1, 0.15) is 0 Å². The van der Waals surface area contributed by atoms with E-state index in [-0.39, 0.29) is 5.01 Å². The Labute approximate surface area is 122 Å². The van der Waals surface area contributed by atoms with Gasteiger partial charge >= 0.3 is 5.97 Å². The first-order valence-electron chi connectivity index (χ1n) is 7.03. The van der Waals surface area contributed by atoms with Gasteiger partial charge in [-0.15, -0.1) is 11.3 Å². The van der Waals surface area contributed by atoms with E-state index in [1.54, 1.807) is 5.38 Å². The van der Waals surface area contributed by atoms with Crippen LogP contribution in [0.25, 0.3) is 11.3 Å². The van der Waals surface area contributed by atoms with Gasteiger partial charge < -0.3 is 5.11 Å².